The second-order valence-corrected chi connectivity index (χ2v) is 6.72. The summed E-state index contributed by atoms with van der Waals surface area (Å²) < 4.78 is 14.1. The van der Waals surface area contributed by atoms with Crippen molar-refractivity contribution in [2.45, 2.75) is 38.1 Å². The molecular formula is C18H22FN5O. The minimum absolute atomic E-state index is 0.164. The molecule has 0 atom stereocenters. The molecule has 7 heteroatoms. The van der Waals surface area contributed by atoms with Gasteiger partial charge in [0.15, 0.2) is 5.82 Å². The van der Waals surface area contributed by atoms with Crippen molar-refractivity contribution < 1.29 is 9.18 Å². The number of fused-ring (bicyclic) bond motifs is 2. The highest BCUT2D eigenvalue weighted by molar-refractivity contribution is 5.77. The average molecular weight is 343 g/mol. The topological polar surface area (TPSA) is 65.1 Å². The van der Waals surface area contributed by atoms with Crippen LogP contribution in [0.5, 0.6) is 0 Å². The number of nitrogens with one attached hydrogen (secondary N) is 1. The van der Waals surface area contributed by atoms with E-state index in [1.165, 1.54) is 6.20 Å². The van der Waals surface area contributed by atoms with Crippen LogP contribution in [0.2, 0.25) is 0 Å². The van der Waals surface area contributed by atoms with E-state index in [9.17, 15) is 9.18 Å². The number of carbonyl (C=O) groups excluding carboxylic acids is 1. The summed E-state index contributed by atoms with van der Waals surface area (Å²) in [6.07, 6.45) is 7.38. The molecule has 0 bridgehead atoms. The molecule has 0 aromatic carbocycles. The number of halogens is 1. The van der Waals surface area contributed by atoms with Gasteiger partial charge >= 0.3 is 0 Å². The van der Waals surface area contributed by atoms with E-state index in [4.69, 9.17) is 0 Å². The van der Waals surface area contributed by atoms with Crippen LogP contribution in [0.25, 0.3) is 0 Å². The summed E-state index contributed by atoms with van der Waals surface area (Å²) in [6.45, 7) is 3.98. The molecular weight excluding hydrogens is 321 g/mol. The quantitative estimate of drug-likeness (QED) is 0.908. The first-order valence-corrected chi connectivity index (χ1v) is 8.83. The van der Waals surface area contributed by atoms with E-state index in [0.717, 1.165) is 30.7 Å². The van der Waals surface area contributed by atoms with Crippen LogP contribution in [0, 0.1) is 5.82 Å². The second kappa shape index (κ2) is 6.13. The van der Waals surface area contributed by atoms with Crippen molar-refractivity contribution in [2.75, 3.05) is 24.5 Å². The highest BCUT2D eigenvalue weighted by atomic mass is 19.1. The summed E-state index contributed by atoms with van der Waals surface area (Å²) in [6, 6.07) is 1.71. The van der Waals surface area contributed by atoms with Crippen molar-refractivity contribution in [3.05, 3.63) is 42.0 Å². The molecule has 4 rings (SSSR count). The zero-order chi connectivity index (χ0) is 17.4. The van der Waals surface area contributed by atoms with E-state index < -0.39 is 0 Å². The van der Waals surface area contributed by atoms with Crippen LogP contribution in [0.4, 0.5) is 10.1 Å². The number of rotatable bonds is 2. The molecule has 25 heavy (non-hydrogen) atoms. The van der Waals surface area contributed by atoms with Crippen molar-refractivity contribution in [3.8, 4) is 0 Å². The number of imidazole rings is 1. The molecule has 0 aliphatic carbocycles. The number of amides is 1. The fraction of sp³-hybridized carbons (Fsp3) is 0.500. The van der Waals surface area contributed by atoms with Crippen molar-refractivity contribution in [3.63, 3.8) is 0 Å². The SMILES string of the molecule is CCC(=O)N1CCc2[nH]cnc2C12CCN(c1ccncc1F)CC2. The Labute approximate surface area is 146 Å². The molecule has 6 nitrogen and oxygen atoms in total. The molecule has 0 radical (unpaired) electrons. The number of piperidine rings is 1. The number of hydrogen-bond donors (Lipinski definition) is 1. The molecule has 1 fully saturated rings. The Hall–Kier alpha value is -2.44. The number of aromatic nitrogens is 3. The van der Waals surface area contributed by atoms with Gasteiger partial charge in [-0.15, -0.1) is 0 Å². The van der Waals surface area contributed by atoms with Crippen molar-refractivity contribution >= 4 is 11.6 Å². The molecule has 0 unspecified atom stereocenters. The van der Waals surface area contributed by atoms with Gasteiger partial charge in [0.1, 0.15) is 0 Å². The van der Waals surface area contributed by atoms with Gasteiger partial charge in [-0.25, -0.2) is 9.37 Å². The number of aromatic amines is 1. The largest absolute Gasteiger partial charge is 0.369 e. The number of pyridine rings is 1. The lowest BCUT2D eigenvalue weighted by atomic mass is 9.78. The predicted octanol–water partition coefficient (Wildman–Crippen LogP) is 2.23. The van der Waals surface area contributed by atoms with Crippen molar-refractivity contribution in [2.24, 2.45) is 0 Å². The van der Waals surface area contributed by atoms with Crippen molar-refractivity contribution in [1.82, 2.24) is 19.9 Å². The first-order chi connectivity index (χ1) is 12.2. The monoisotopic (exact) mass is 343 g/mol. The van der Waals surface area contributed by atoms with E-state index in [2.05, 4.69) is 15.0 Å². The number of H-pyrrole nitrogens is 1. The lowest BCUT2D eigenvalue weighted by Gasteiger charge is -2.50. The Bertz CT molecular complexity index is 781. The Morgan fingerprint density at radius 1 is 1.36 bits per heavy atom. The summed E-state index contributed by atoms with van der Waals surface area (Å²) in [5.74, 6) is -0.138. The zero-order valence-corrected chi connectivity index (χ0v) is 14.3. The Morgan fingerprint density at radius 3 is 2.88 bits per heavy atom. The molecule has 132 valence electrons. The van der Waals surface area contributed by atoms with Gasteiger partial charge in [-0.2, -0.15) is 0 Å². The smallest absolute Gasteiger partial charge is 0.223 e. The van der Waals surface area contributed by atoms with E-state index in [1.807, 2.05) is 16.7 Å². The molecule has 0 saturated carbocycles. The number of carbonyl (C=O) groups is 1. The summed E-state index contributed by atoms with van der Waals surface area (Å²) >= 11 is 0. The van der Waals surface area contributed by atoms with Crippen LogP contribution in [0.1, 0.15) is 37.6 Å². The standard InChI is InChI=1S/C18H22FN5O/c1-2-16(25)24-8-4-14-17(22-12-21-14)18(24)5-9-23(10-6-18)15-3-7-20-11-13(15)19/h3,7,11-12H,2,4-6,8-10H2,1H3,(H,21,22). The molecule has 2 aliphatic rings. The summed E-state index contributed by atoms with van der Waals surface area (Å²) in [4.78, 5) is 28.2. The number of nitrogens with zero attached hydrogens (tertiary/aromatic N) is 4. The molecule has 2 aliphatic heterocycles. The third-order valence-electron chi connectivity index (χ3n) is 5.55. The molecule has 2 aromatic rings. The van der Waals surface area contributed by atoms with Crippen LogP contribution < -0.4 is 4.90 Å². The lowest BCUT2D eigenvalue weighted by molar-refractivity contribution is -0.140. The zero-order valence-electron chi connectivity index (χ0n) is 14.3. The predicted molar refractivity (Wildman–Crippen MR) is 91.6 cm³/mol. The average Bonchev–Trinajstić information content (AvgIpc) is 3.13. The van der Waals surface area contributed by atoms with Gasteiger partial charge in [-0.1, -0.05) is 6.92 Å². The highest BCUT2D eigenvalue weighted by Crippen LogP contribution is 2.43. The maximum atomic E-state index is 14.1. The summed E-state index contributed by atoms with van der Waals surface area (Å²) in [5, 5.41) is 0. The van der Waals surface area contributed by atoms with Gasteiger partial charge in [0.05, 0.1) is 29.4 Å². The maximum absolute atomic E-state index is 14.1. The van der Waals surface area contributed by atoms with Gasteiger partial charge in [-0.3, -0.25) is 9.78 Å². The summed E-state index contributed by atoms with van der Waals surface area (Å²) in [7, 11) is 0. The van der Waals surface area contributed by atoms with Crippen molar-refractivity contribution in [1.29, 1.82) is 0 Å². The number of hydrogen-bond acceptors (Lipinski definition) is 4. The fourth-order valence-corrected chi connectivity index (χ4v) is 4.28. The second-order valence-electron chi connectivity index (χ2n) is 6.72. The third kappa shape index (κ3) is 2.49. The Kier molecular flexibility index (Phi) is 3.94. The van der Waals surface area contributed by atoms with Gasteiger partial charge < -0.3 is 14.8 Å². The first-order valence-electron chi connectivity index (χ1n) is 8.83. The molecule has 1 spiro atoms. The van der Waals surface area contributed by atoms with Crippen LogP contribution >= 0.6 is 0 Å². The van der Waals surface area contributed by atoms with Gasteiger partial charge in [0, 0.05) is 44.4 Å². The maximum Gasteiger partial charge on any atom is 0.223 e. The van der Waals surface area contributed by atoms with Gasteiger partial charge in [-0.05, 0) is 18.9 Å². The molecule has 1 amide bonds. The van der Waals surface area contributed by atoms with E-state index in [1.54, 1.807) is 18.6 Å². The lowest BCUT2D eigenvalue weighted by Crippen LogP contribution is -2.58. The third-order valence-corrected chi connectivity index (χ3v) is 5.55. The Balaban J connectivity index is 1.65. The normalized spacial score (nSPS) is 19.1. The van der Waals surface area contributed by atoms with Crippen LogP contribution in [-0.4, -0.2) is 45.4 Å². The summed E-state index contributed by atoms with van der Waals surface area (Å²) in [5.41, 5.74) is 2.33. The number of anilines is 1. The molecule has 4 heterocycles. The van der Waals surface area contributed by atoms with Crippen LogP contribution in [0.3, 0.4) is 0 Å². The molecule has 1 saturated heterocycles. The molecule has 2 aromatic heterocycles. The van der Waals surface area contributed by atoms with Crippen LogP contribution in [-0.2, 0) is 16.8 Å². The Morgan fingerprint density at radius 2 is 2.16 bits per heavy atom. The fourth-order valence-electron chi connectivity index (χ4n) is 4.28. The first kappa shape index (κ1) is 16.1. The molecule has 1 N–H and O–H groups in total. The minimum Gasteiger partial charge on any atom is -0.369 e. The van der Waals surface area contributed by atoms with Gasteiger partial charge in [0.2, 0.25) is 5.91 Å². The van der Waals surface area contributed by atoms with E-state index in [0.29, 0.717) is 31.7 Å². The van der Waals surface area contributed by atoms with E-state index >= 15 is 0 Å². The van der Waals surface area contributed by atoms with Gasteiger partial charge in [0.25, 0.3) is 0 Å². The van der Waals surface area contributed by atoms with E-state index in [-0.39, 0.29) is 17.3 Å². The highest BCUT2D eigenvalue weighted by Gasteiger charge is 2.48. The van der Waals surface area contributed by atoms with Crippen LogP contribution in [0.15, 0.2) is 24.8 Å². The minimum atomic E-state index is -0.374.